The van der Waals surface area contributed by atoms with Crippen molar-refractivity contribution < 1.29 is 9.72 Å². The van der Waals surface area contributed by atoms with E-state index in [9.17, 15) is 14.9 Å². The Morgan fingerprint density at radius 3 is 2.96 bits per heavy atom. The van der Waals surface area contributed by atoms with Gasteiger partial charge in [0.05, 0.1) is 16.7 Å². The highest BCUT2D eigenvalue weighted by molar-refractivity contribution is 7.08. The molecule has 0 aliphatic carbocycles. The van der Waals surface area contributed by atoms with Crippen molar-refractivity contribution in [3.63, 3.8) is 0 Å². The van der Waals surface area contributed by atoms with Gasteiger partial charge in [0.15, 0.2) is 5.69 Å². The van der Waals surface area contributed by atoms with Crippen molar-refractivity contribution in [3.05, 3.63) is 74.7 Å². The SMILES string of the molecule is O=C(c1ccn(-c2cccc([N+](=O)[O-])c2)n1)N1CCC[C@@H]1c1ccsc1. The number of carbonyl (C=O) groups excluding carboxylic acids is 1. The molecule has 0 bridgehead atoms. The van der Waals surface area contributed by atoms with E-state index in [2.05, 4.69) is 16.5 Å². The number of amides is 1. The van der Waals surface area contributed by atoms with Gasteiger partial charge in [-0.2, -0.15) is 16.4 Å². The number of hydrogen-bond acceptors (Lipinski definition) is 5. The van der Waals surface area contributed by atoms with Crippen LogP contribution in [0.15, 0.2) is 53.4 Å². The van der Waals surface area contributed by atoms with E-state index in [0.29, 0.717) is 17.9 Å². The third kappa shape index (κ3) is 2.99. The van der Waals surface area contributed by atoms with E-state index in [4.69, 9.17) is 0 Å². The van der Waals surface area contributed by atoms with E-state index in [1.54, 1.807) is 35.7 Å². The van der Waals surface area contributed by atoms with E-state index < -0.39 is 4.92 Å². The van der Waals surface area contributed by atoms with E-state index >= 15 is 0 Å². The van der Waals surface area contributed by atoms with Crippen LogP contribution >= 0.6 is 11.3 Å². The molecule has 132 valence electrons. The molecule has 1 atom stereocenters. The maximum absolute atomic E-state index is 12.9. The molecule has 0 saturated carbocycles. The number of benzene rings is 1. The van der Waals surface area contributed by atoms with Gasteiger partial charge in [-0.15, -0.1) is 0 Å². The van der Waals surface area contributed by atoms with Gasteiger partial charge < -0.3 is 4.90 Å². The average Bonchev–Trinajstić information content (AvgIpc) is 3.41. The summed E-state index contributed by atoms with van der Waals surface area (Å²) in [5.74, 6) is -0.108. The van der Waals surface area contributed by atoms with Crippen LogP contribution in [0, 0.1) is 10.1 Å². The van der Waals surface area contributed by atoms with Crippen molar-refractivity contribution in [2.45, 2.75) is 18.9 Å². The Morgan fingerprint density at radius 1 is 1.31 bits per heavy atom. The van der Waals surface area contributed by atoms with Crippen LogP contribution in [0.3, 0.4) is 0 Å². The summed E-state index contributed by atoms with van der Waals surface area (Å²) in [5, 5.41) is 19.4. The standard InChI is InChI=1S/C18H16N4O3S/c23-18(20-8-2-5-17(20)13-7-10-26-12-13)16-6-9-21(19-16)14-3-1-4-15(11-14)22(24)25/h1,3-4,6-7,9-12,17H,2,5,8H2/t17-/m1/s1. The lowest BCUT2D eigenvalue weighted by atomic mass is 10.1. The van der Waals surface area contributed by atoms with Crippen LogP contribution in [0.1, 0.15) is 34.9 Å². The number of nitro groups is 1. The van der Waals surface area contributed by atoms with Crippen LogP contribution in [0.4, 0.5) is 5.69 Å². The summed E-state index contributed by atoms with van der Waals surface area (Å²) in [6.07, 6.45) is 3.58. The van der Waals surface area contributed by atoms with Gasteiger partial charge in [-0.3, -0.25) is 14.9 Å². The molecule has 1 aromatic carbocycles. The number of aromatic nitrogens is 2. The Balaban J connectivity index is 1.59. The summed E-state index contributed by atoms with van der Waals surface area (Å²) >= 11 is 1.63. The first-order valence-corrected chi connectivity index (χ1v) is 9.21. The number of nitrogens with zero attached hydrogens (tertiary/aromatic N) is 4. The van der Waals surface area contributed by atoms with Gasteiger partial charge in [0.25, 0.3) is 11.6 Å². The maximum Gasteiger partial charge on any atom is 0.274 e. The molecule has 4 rings (SSSR count). The number of rotatable bonds is 4. The molecule has 0 N–H and O–H groups in total. The molecule has 3 heterocycles. The Kier molecular flexibility index (Phi) is 4.26. The van der Waals surface area contributed by atoms with Crippen molar-refractivity contribution in [3.8, 4) is 5.69 Å². The molecule has 7 nitrogen and oxygen atoms in total. The second kappa shape index (κ2) is 6.72. The number of non-ortho nitro benzene ring substituents is 1. The third-order valence-electron chi connectivity index (χ3n) is 4.55. The van der Waals surface area contributed by atoms with Crippen LogP contribution in [-0.2, 0) is 0 Å². The fourth-order valence-corrected chi connectivity index (χ4v) is 4.01. The second-order valence-corrected chi connectivity index (χ2v) is 6.92. The van der Waals surface area contributed by atoms with Crippen molar-refractivity contribution in [2.24, 2.45) is 0 Å². The molecule has 0 radical (unpaired) electrons. The molecule has 26 heavy (non-hydrogen) atoms. The molecule has 1 aliphatic heterocycles. The van der Waals surface area contributed by atoms with Crippen LogP contribution in [0.25, 0.3) is 5.69 Å². The van der Waals surface area contributed by atoms with Gasteiger partial charge in [0.2, 0.25) is 0 Å². The van der Waals surface area contributed by atoms with E-state index in [1.807, 2.05) is 10.3 Å². The molecule has 1 fully saturated rings. The first kappa shape index (κ1) is 16.5. The smallest absolute Gasteiger partial charge is 0.274 e. The van der Waals surface area contributed by atoms with Crippen LogP contribution in [-0.4, -0.2) is 32.1 Å². The minimum absolute atomic E-state index is 0.0112. The van der Waals surface area contributed by atoms with Gasteiger partial charge in [0, 0.05) is 24.9 Å². The summed E-state index contributed by atoms with van der Waals surface area (Å²) in [5.41, 5.74) is 2.05. The maximum atomic E-state index is 12.9. The Morgan fingerprint density at radius 2 is 2.19 bits per heavy atom. The number of likely N-dealkylation sites (tertiary alicyclic amines) is 1. The van der Waals surface area contributed by atoms with Crippen molar-refractivity contribution in [1.82, 2.24) is 14.7 Å². The van der Waals surface area contributed by atoms with Gasteiger partial charge in [-0.1, -0.05) is 6.07 Å². The molecule has 1 aliphatic rings. The Labute approximate surface area is 153 Å². The molecular weight excluding hydrogens is 352 g/mol. The van der Waals surface area contributed by atoms with Crippen LogP contribution < -0.4 is 0 Å². The quantitative estimate of drug-likeness (QED) is 0.518. The normalized spacial score (nSPS) is 16.8. The molecular formula is C18H16N4O3S. The summed E-state index contributed by atoms with van der Waals surface area (Å²) in [6, 6.07) is 9.99. The summed E-state index contributed by atoms with van der Waals surface area (Å²) in [7, 11) is 0. The lowest BCUT2D eigenvalue weighted by molar-refractivity contribution is -0.384. The topological polar surface area (TPSA) is 81.3 Å². The van der Waals surface area contributed by atoms with Gasteiger partial charge in [0.1, 0.15) is 0 Å². The molecule has 0 unspecified atom stereocenters. The molecule has 1 amide bonds. The van der Waals surface area contributed by atoms with Crippen LogP contribution in [0.5, 0.6) is 0 Å². The zero-order chi connectivity index (χ0) is 18.1. The molecule has 3 aromatic rings. The van der Waals surface area contributed by atoms with Gasteiger partial charge in [-0.25, -0.2) is 4.68 Å². The number of nitro benzene ring substituents is 1. The summed E-state index contributed by atoms with van der Waals surface area (Å²) in [6.45, 7) is 0.711. The fraction of sp³-hybridized carbons (Fsp3) is 0.222. The number of thiophene rings is 1. The van der Waals surface area contributed by atoms with E-state index in [0.717, 1.165) is 12.8 Å². The zero-order valence-corrected chi connectivity index (χ0v) is 14.6. The largest absolute Gasteiger partial charge is 0.330 e. The highest BCUT2D eigenvalue weighted by Crippen LogP contribution is 2.34. The predicted molar refractivity (Wildman–Crippen MR) is 97.5 cm³/mol. The Hall–Kier alpha value is -3.00. The van der Waals surface area contributed by atoms with Crippen molar-refractivity contribution in [1.29, 1.82) is 0 Å². The minimum atomic E-state index is -0.450. The predicted octanol–water partition coefficient (Wildman–Crippen LogP) is 3.82. The molecule has 2 aromatic heterocycles. The van der Waals surface area contributed by atoms with Gasteiger partial charge in [-0.05, 0) is 47.4 Å². The second-order valence-electron chi connectivity index (χ2n) is 6.14. The van der Waals surface area contributed by atoms with Crippen LogP contribution in [0.2, 0.25) is 0 Å². The minimum Gasteiger partial charge on any atom is -0.330 e. The number of carbonyl (C=O) groups is 1. The molecule has 1 saturated heterocycles. The molecule has 0 spiro atoms. The number of hydrogen-bond donors (Lipinski definition) is 0. The summed E-state index contributed by atoms with van der Waals surface area (Å²) in [4.78, 5) is 25.3. The third-order valence-corrected chi connectivity index (χ3v) is 5.26. The highest BCUT2D eigenvalue weighted by atomic mass is 32.1. The highest BCUT2D eigenvalue weighted by Gasteiger charge is 2.31. The van der Waals surface area contributed by atoms with E-state index in [-0.39, 0.29) is 17.6 Å². The Bertz CT molecular complexity index is 951. The van der Waals surface area contributed by atoms with Crippen molar-refractivity contribution >= 4 is 22.9 Å². The van der Waals surface area contributed by atoms with Crippen molar-refractivity contribution in [2.75, 3.05) is 6.54 Å². The van der Waals surface area contributed by atoms with E-state index in [1.165, 1.54) is 22.4 Å². The molecule has 8 heteroatoms. The summed E-state index contributed by atoms with van der Waals surface area (Å²) < 4.78 is 1.50. The lowest BCUT2D eigenvalue weighted by Gasteiger charge is -2.23. The zero-order valence-electron chi connectivity index (χ0n) is 13.8. The first-order valence-electron chi connectivity index (χ1n) is 8.27. The lowest BCUT2D eigenvalue weighted by Crippen LogP contribution is -2.30. The first-order chi connectivity index (χ1) is 12.6. The monoisotopic (exact) mass is 368 g/mol. The fourth-order valence-electron chi connectivity index (χ4n) is 3.30. The average molecular weight is 368 g/mol. The van der Waals surface area contributed by atoms with Gasteiger partial charge >= 0.3 is 0 Å².